The molecule has 5 nitrogen and oxygen atoms in total. The van der Waals surface area contributed by atoms with E-state index in [4.69, 9.17) is 4.74 Å². The molecule has 23 heavy (non-hydrogen) atoms. The summed E-state index contributed by atoms with van der Waals surface area (Å²) in [6.45, 7) is 4.64. The second-order valence-electron chi connectivity index (χ2n) is 5.59. The van der Waals surface area contributed by atoms with Crippen molar-refractivity contribution in [3.8, 4) is 5.75 Å². The Bertz CT molecular complexity index is 622. The number of methoxy groups -OCH3 is 1. The third-order valence-electron chi connectivity index (χ3n) is 3.32. The predicted octanol–water partition coefficient (Wildman–Crippen LogP) is 2.88. The number of nitrogens with zero attached hydrogens (tertiary/aromatic N) is 1. The Morgan fingerprint density at radius 1 is 1.17 bits per heavy atom. The molecule has 0 saturated carbocycles. The molecule has 0 aliphatic carbocycles. The van der Waals surface area contributed by atoms with Crippen molar-refractivity contribution in [3.63, 3.8) is 0 Å². The monoisotopic (exact) mass is 313 g/mol. The number of amides is 1. The van der Waals surface area contributed by atoms with Gasteiger partial charge in [0.1, 0.15) is 11.6 Å². The summed E-state index contributed by atoms with van der Waals surface area (Å²) in [5, 5.41) is 6.10. The summed E-state index contributed by atoms with van der Waals surface area (Å²) >= 11 is 0. The molecule has 0 bridgehead atoms. The van der Waals surface area contributed by atoms with Crippen LogP contribution in [-0.4, -0.2) is 30.6 Å². The van der Waals surface area contributed by atoms with Gasteiger partial charge in [0.2, 0.25) is 0 Å². The Balaban J connectivity index is 1.82. The lowest BCUT2D eigenvalue weighted by Gasteiger charge is -2.09. The molecule has 0 radical (unpaired) electrons. The molecule has 0 aliphatic heterocycles. The number of benzene rings is 1. The number of nitrogens with one attached hydrogen (secondary N) is 2. The van der Waals surface area contributed by atoms with Crippen molar-refractivity contribution in [1.29, 1.82) is 0 Å². The zero-order valence-electron chi connectivity index (χ0n) is 13.8. The van der Waals surface area contributed by atoms with Gasteiger partial charge in [-0.1, -0.05) is 12.1 Å². The first kappa shape index (κ1) is 16.8. The highest BCUT2D eigenvalue weighted by molar-refractivity contribution is 5.94. The van der Waals surface area contributed by atoms with Crippen LogP contribution in [-0.2, 0) is 6.42 Å². The lowest BCUT2D eigenvalue weighted by Crippen LogP contribution is -2.30. The fourth-order valence-electron chi connectivity index (χ4n) is 2.11. The van der Waals surface area contributed by atoms with Gasteiger partial charge in [-0.25, -0.2) is 4.98 Å². The third kappa shape index (κ3) is 5.29. The van der Waals surface area contributed by atoms with Crippen LogP contribution in [0.1, 0.15) is 29.8 Å². The van der Waals surface area contributed by atoms with Crippen molar-refractivity contribution >= 4 is 11.7 Å². The van der Waals surface area contributed by atoms with E-state index in [2.05, 4.69) is 15.6 Å². The number of carbonyl (C=O) groups excluding carboxylic acids is 1. The van der Waals surface area contributed by atoms with Crippen molar-refractivity contribution in [3.05, 3.63) is 53.7 Å². The Morgan fingerprint density at radius 3 is 2.48 bits per heavy atom. The molecule has 1 amide bonds. The van der Waals surface area contributed by atoms with Crippen LogP contribution in [0, 0.1) is 0 Å². The molecule has 0 spiro atoms. The van der Waals surface area contributed by atoms with Crippen LogP contribution in [0.15, 0.2) is 42.6 Å². The van der Waals surface area contributed by atoms with Crippen molar-refractivity contribution in [1.82, 2.24) is 10.3 Å². The molecule has 2 aromatic rings. The number of carbonyl (C=O) groups is 1. The topological polar surface area (TPSA) is 63.2 Å². The van der Waals surface area contributed by atoms with E-state index >= 15 is 0 Å². The van der Waals surface area contributed by atoms with Crippen molar-refractivity contribution in [2.45, 2.75) is 26.3 Å². The molecule has 0 fully saturated rings. The minimum atomic E-state index is -0.0997. The molecule has 5 heteroatoms. The van der Waals surface area contributed by atoms with Crippen LogP contribution in [0.2, 0.25) is 0 Å². The number of pyridine rings is 1. The zero-order valence-corrected chi connectivity index (χ0v) is 13.8. The Hall–Kier alpha value is -2.56. The first-order valence-corrected chi connectivity index (χ1v) is 7.72. The van der Waals surface area contributed by atoms with E-state index in [9.17, 15) is 4.79 Å². The molecular formula is C18H23N3O2. The van der Waals surface area contributed by atoms with Crippen LogP contribution in [0.25, 0.3) is 0 Å². The second kappa shape index (κ2) is 8.17. The maximum atomic E-state index is 11.8. The largest absolute Gasteiger partial charge is 0.497 e. The molecule has 2 rings (SSSR count). The number of rotatable bonds is 7. The Labute approximate surface area is 137 Å². The van der Waals surface area contributed by atoms with Gasteiger partial charge < -0.3 is 15.4 Å². The Morgan fingerprint density at radius 2 is 1.91 bits per heavy atom. The summed E-state index contributed by atoms with van der Waals surface area (Å²) in [6.07, 6.45) is 2.48. The van der Waals surface area contributed by atoms with Crippen LogP contribution in [0.4, 0.5) is 5.82 Å². The van der Waals surface area contributed by atoms with Gasteiger partial charge in [-0.3, -0.25) is 4.79 Å². The summed E-state index contributed by atoms with van der Waals surface area (Å²) in [7, 11) is 1.66. The minimum absolute atomic E-state index is 0.0997. The van der Waals surface area contributed by atoms with Gasteiger partial charge in [0.25, 0.3) is 5.91 Å². The third-order valence-corrected chi connectivity index (χ3v) is 3.32. The highest BCUT2D eigenvalue weighted by Gasteiger charge is 2.07. The molecule has 0 atom stereocenters. The highest BCUT2D eigenvalue weighted by atomic mass is 16.5. The minimum Gasteiger partial charge on any atom is -0.497 e. The van der Waals surface area contributed by atoms with Crippen molar-refractivity contribution < 1.29 is 9.53 Å². The van der Waals surface area contributed by atoms with Gasteiger partial charge in [0.05, 0.1) is 12.7 Å². The first-order chi connectivity index (χ1) is 11.1. The normalized spacial score (nSPS) is 10.4. The first-order valence-electron chi connectivity index (χ1n) is 7.72. The van der Waals surface area contributed by atoms with Crippen LogP contribution >= 0.6 is 0 Å². The van der Waals surface area contributed by atoms with Crippen LogP contribution < -0.4 is 15.4 Å². The average Bonchev–Trinajstić information content (AvgIpc) is 2.55. The quantitative estimate of drug-likeness (QED) is 0.825. The predicted molar refractivity (Wildman–Crippen MR) is 92.0 cm³/mol. The summed E-state index contributed by atoms with van der Waals surface area (Å²) in [5.74, 6) is 1.52. The van der Waals surface area contributed by atoms with Crippen molar-refractivity contribution in [2.24, 2.45) is 0 Å². The number of hydrogen-bond acceptors (Lipinski definition) is 4. The van der Waals surface area contributed by atoms with E-state index in [1.807, 2.05) is 44.2 Å². The summed E-state index contributed by atoms with van der Waals surface area (Å²) in [5.41, 5.74) is 1.80. The number of ether oxygens (including phenoxy) is 1. The molecule has 122 valence electrons. The molecule has 1 aromatic carbocycles. The van der Waals surface area contributed by atoms with E-state index in [0.29, 0.717) is 5.56 Å². The number of anilines is 1. The SMILES string of the molecule is COc1ccc(CCNc2ccc(C(=O)NC(C)C)cn2)cc1. The van der Waals surface area contributed by atoms with Gasteiger partial charge in [0, 0.05) is 18.8 Å². The smallest absolute Gasteiger partial charge is 0.253 e. The maximum absolute atomic E-state index is 11.8. The van der Waals surface area contributed by atoms with Gasteiger partial charge in [-0.15, -0.1) is 0 Å². The Kier molecular flexibility index (Phi) is 5.97. The van der Waals surface area contributed by atoms with E-state index in [1.165, 1.54) is 5.56 Å². The van der Waals surface area contributed by atoms with Gasteiger partial charge in [-0.2, -0.15) is 0 Å². The number of hydrogen-bond donors (Lipinski definition) is 2. The van der Waals surface area contributed by atoms with Gasteiger partial charge >= 0.3 is 0 Å². The van der Waals surface area contributed by atoms with Crippen LogP contribution in [0.5, 0.6) is 5.75 Å². The lowest BCUT2D eigenvalue weighted by molar-refractivity contribution is 0.0943. The van der Waals surface area contributed by atoms with E-state index in [1.54, 1.807) is 19.4 Å². The molecule has 0 unspecified atom stereocenters. The second-order valence-corrected chi connectivity index (χ2v) is 5.59. The molecule has 1 heterocycles. The molecule has 1 aromatic heterocycles. The molecular weight excluding hydrogens is 290 g/mol. The summed E-state index contributed by atoms with van der Waals surface area (Å²) in [6, 6.07) is 11.7. The van der Waals surface area contributed by atoms with Crippen molar-refractivity contribution in [2.75, 3.05) is 19.0 Å². The highest BCUT2D eigenvalue weighted by Crippen LogP contribution is 2.12. The zero-order chi connectivity index (χ0) is 16.7. The average molecular weight is 313 g/mol. The summed E-state index contributed by atoms with van der Waals surface area (Å²) < 4.78 is 5.14. The molecule has 0 saturated heterocycles. The summed E-state index contributed by atoms with van der Waals surface area (Å²) in [4.78, 5) is 16.1. The lowest BCUT2D eigenvalue weighted by atomic mass is 10.1. The fraction of sp³-hybridized carbons (Fsp3) is 0.333. The van der Waals surface area contributed by atoms with Gasteiger partial charge in [-0.05, 0) is 50.1 Å². The van der Waals surface area contributed by atoms with E-state index in [-0.39, 0.29) is 11.9 Å². The van der Waals surface area contributed by atoms with Gasteiger partial charge in [0.15, 0.2) is 0 Å². The fourth-order valence-corrected chi connectivity index (χ4v) is 2.11. The number of aromatic nitrogens is 1. The van der Waals surface area contributed by atoms with Crippen LogP contribution in [0.3, 0.4) is 0 Å². The molecule has 2 N–H and O–H groups in total. The van der Waals surface area contributed by atoms with E-state index < -0.39 is 0 Å². The van der Waals surface area contributed by atoms with E-state index in [0.717, 1.165) is 24.5 Å². The maximum Gasteiger partial charge on any atom is 0.253 e. The molecule has 0 aliphatic rings. The standard InChI is InChI=1S/C18H23N3O2/c1-13(2)21-18(22)15-6-9-17(20-12-15)19-11-10-14-4-7-16(23-3)8-5-14/h4-9,12-13H,10-11H2,1-3H3,(H,19,20)(H,21,22).